The molecule has 26 heavy (non-hydrogen) atoms. The van der Waals surface area contributed by atoms with Gasteiger partial charge in [-0.3, -0.25) is 14.4 Å². The number of anilines is 2. The number of nitrogens with one attached hydrogen (secondary N) is 2. The number of nitrogens with two attached hydrogens (primary N) is 1. The van der Waals surface area contributed by atoms with Crippen LogP contribution in [0.2, 0.25) is 0 Å². The molecule has 1 fully saturated rings. The lowest BCUT2D eigenvalue weighted by molar-refractivity contribution is -0.131. The molecule has 4 N–H and O–H groups in total. The number of hydrogen-bond donors (Lipinski definition) is 3. The molecular weight excluding hydrogens is 354 g/mol. The zero-order chi connectivity index (χ0) is 18.7. The predicted octanol–water partition coefficient (Wildman–Crippen LogP) is 1.24. The first kappa shape index (κ1) is 17.9. The smallest absolute Gasteiger partial charge is 0.270 e. The van der Waals surface area contributed by atoms with Crippen molar-refractivity contribution in [2.45, 2.75) is 12.3 Å². The van der Waals surface area contributed by atoms with E-state index in [4.69, 9.17) is 5.73 Å². The highest BCUT2D eigenvalue weighted by atomic mass is 32.1. The highest BCUT2D eigenvalue weighted by Gasteiger charge is 2.32. The molecule has 136 valence electrons. The van der Waals surface area contributed by atoms with Crippen LogP contribution in [0, 0.1) is 0 Å². The van der Waals surface area contributed by atoms with Crippen LogP contribution in [0.4, 0.5) is 10.1 Å². The SMILES string of the molecule is CNc1nc(C(N)=O)c(NC(=O)CN2CC(c3ccccc3)CC2=O)s1. The molecule has 1 aromatic carbocycles. The van der Waals surface area contributed by atoms with Crippen molar-refractivity contribution in [1.82, 2.24) is 9.88 Å². The molecule has 9 heteroatoms. The van der Waals surface area contributed by atoms with Crippen LogP contribution in [0.3, 0.4) is 0 Å². The number of benzene rings is 1. The third-order valence-electron chi connectivity index (χ3n) is 4.15. The normalized spacial score (nSPS) is 16.6. The Morgan fingerprint density at radius 3 is 2.73 bits per heavy atom. The number of hydrogen-bond acceptors (Lipinski definition) is 6. The van der Waals surface area contributed by atoms with E-state index in [1.807, 2.05) is 30.3 Å². The van der Waals surface area contributed by atoms with Gasteiger partial charge < -0.3 is 21.3 Å². The van der Waals surface area contributed by atoms with Crippen molar-refractivity contribution in [1.29, 1.82) is 0 Å². The van der Waals surface area contributed by atoms with Gasteiger partial charge in [0.25, 0.3) is 5.91 Å². The van der Waals surface area contributed by atoms with Gasteiger partial charge in [0, 0.05) is 25.9 Å². The summed E-state index contributed by atoms with van der Waals surface area (Å²) < 4.78 is 0. The minimum absolute atomic E-state index is 0.00242. The quantitative estimate of drug-likeness (QED) is 0.704. The monoisotopic (exact) mass is 373 g/mol. The second-order valence-electron chi connectivity index (χ2n) is 5.95. The molecule has 1 aliphatic rings. The maximum absolute atomic E-state index is 12.3. The van der Waals surface area contributed by atoms with Crippen molar-refractivity contribution in [3.8, 4) is 0 Å². The maximum Gasteiger partial charge on any atom is 0.270 e. The number of rotatable bonds is 6. The number of aromatic nitrogens is 1. The van der Waals surface area contributed by atoms with Gasteiger partial charge in [-0.15, -0.1) is 0 Å². The highest BCUT2D eigenvalue weighted by Crippen LogP contribution is 2.29. The molecule has 3 rings (SSSR count). The average Bonchev–Trinajstić information content (AvgIpc) is 3.19. The van der Waals surface area contributed by atoms with Crippen molar-refractivity contribution in [3.05, 3.63) is 41.6 Å². The summed E-state index contributed by atoms with van der Waals surface area (Å²) in [5, 5.41) is 6.18. The topological polar surface area (TPSA) is 117 Å². The standard InChI is InChI=1S/C17H19N5O3S/c1-19-17-21-14(15(18)25)16(26-17)20-12(23)9-22-8-11(7-13(22)24)10-5-3-2-4-6-10/h2-6,11H,7-9H2,1H3,(H2,18,25)(H,19,21)(H,20,23). The fraction of sp³-hybridized carbons (Fsp3) is 0.294. The molecule has 1 aliphatic heterocycles. The third-order valence-corrected chi connectivity index (χ3v) is 5.14. The first-order valence-corrected chi connectivity index (χ1v) is 8.90. The third kappa shape index (κ3) is 3.83. The van der Waals surface area contributed by atoms with Gasteiger partial charge in [-0.2, -0.15) is 0 Å². The van der Waals surface area contributed by atoms with Crippen molar-refractivity contribution < 1.29 is 14.4 Å². The number of thiazole rings is 1. The Morgan fingerprint density at radius 2 is 2.08 bits per heavy atom. The average molecular weight is 373 g/mol. The van der Waals surface area contributed by atoms with Gasteiger partial charge in [-0.05, 0) is 5.56 Å². The van der Waals surface area contributed by atoms with E-state index in [1.165, 1.54) is 4.90 Å². The van der Waals surface area contributed by atoms with Gasteiger partial charge in [0.1, 0.15) is 5.00 Å². The molecule has 0 saturated carbocycles. The van der Waals surface area contributed by atoms with Crippen LogP contribution in [0.15, 0.2) is 30.3 Å². The lowest BCUT2D eigenvalue weighted by atomic mass is 9.99. The summed E-state index contributed by atoms with van der Waals surface area (Å²) in [7, 11) is 1.65. The van der Waals surface area contributed by atoms with E-state index in [0.29, 0.717) is 18.1 Å². The van der Waals surface area contributed by atoms with E-state index in [-0.39, 0.29) is 35.0 Å². The van der Waals surface area contributed by atoms with E-state index in [9.17, 15) is 14.4 Å². The van der Waals surface area contributed by atoms with E-state index < -0.39 is 5.91 Å². The molecular formula is C17H19N5O3S. The van der Waals surface area contributed by atoms with Crippen molar-refractivity contribution in [3.63, 3.8) is 0 Å². The second-order valence-corrected chi connectivity index (χ2v) is 6.94. The molecule has 0 radical (unpaired) electrons. The molecule has 1 aromatic heterocycles. The lowest BCUT2D eigenvalue weighted by Gasteiger charge is -2.16. The Kier molecular flexibility index (Phi) is 5.17. The Labute approximate surface area is 154 Å². The summed E-state index contributed by atoms with van der Waals surface area (Å²) in [5.74, 6) is -1.10. The molecule has 0 aliphatic carbocycles. The number of carbonyl (C=O) groups excluding carboxylic acids is 3. The molecule has 3 amide bonds. The summed E-state index contributed by atoms with van der Waals surface area (Å²) >= 11 is 1.11. The van der Waals surface area contributed by atoms with Gasteiger partial charge >= 0.3 is 0 Å². The number of primary amides is 1. The molecule has 0 spiro atoms. The molecule has 1 atom stereocenters. The molecule has 1 unspecified atom stereocenters. The summed E-state index contributed by atoms with van der Waals surface area (Å²) in [6.45, 7) is 0.413. The zero-order valence-corrected chi connectivity index (χ0v) is 15.0. The van der Waals surface area contributed by atoms with Crippen LogP contribution in [0.25, 0.3) is 0 Å². The van der Waals surface area contributed by atoms with Crippen LogP contribution in [-0.4, -0.2) is 47.7 Å². The number of amides is 3. The van der Waals surface area contributed by atoms with E-state index in [0.717, 1.165) is 16.9 Å². The summed E-state index contributed by atoms with van der Waals surface area (Å²) in [5.41, 5.74) is 6.37. The highest BCUT2D eigenvalue weighted by molar-refractivity contribution is 7.20. The van der Waals surface area contributed by atoms with E-state index in [2.05, 4.69) is 15.6 Å². The van der Waals surface area contributed by atoms with Gasteiger partial charge in [0.15, 0.2) is 10.8 Å². The number of carbonyl (C=O) groups is 3. The fourth-order valence-electron chi connectivity index (χ4n) is 2.89. The molecule has 2 aromatic rings. The number of nitrogens with zero attached hydrogens (tertiary/aromatic N) is 2. The predicted molar refractivity (Wildman–Crippen MR) is 99.2 cm³/mol. The Hall–Kier alpha value is -2.94. The zero-order valence-electron chi connectivity index (χ0n) is 14.2. The summed E-state index contributed by atoms with van der Waals surface area (Å²) in [4.78, 5) is 41.5. The maximum atomic E-state index is 12.3. The first-order chi connectivity index (χ1) is 12.5. The lowest BCUT2D eigenvalue weighted by Crippen LogP contribution is -2.34. The van der Waals surface area contributed by atoms with Crippen molar-refractivity contribution >= 4 is 39.2 Å². The van der Waals surface area contributed by atoms with E-state index in [1.54, 1.807) is 7.05 Å². The summed E-state index contributed by atoms with van der Waals surface area (Å²) in [6.07, 6.45) is 0.383. The van der Waals surface area contributed by atoms with Gasteiger partial charge in [-0.1, -0.05) is 41.7 Å². The Bertz CT molecular complexity index is 836. The Balaban J connectivity index is 1.64. The van der Waals surface area contributed by atoms with Gasteiger partial charge in [0.2, 0.25) is 11.8 Å². The van der Waals surface area contributed by atoms with E-state index >= 15 is 0 Å². The first-order valence-electron chi connectivity index (χ1n) is 8.09. The van der Waals surface area contributed by atoms with Crippen molar-refractivity contribution in [2.24, 2.45) is 5.73 Å². The summed E-state index contributed by atoms with van der Waals surface area (Å²) in [6, 6.07) is 9.76. The largest absolute Gasteiger partial charge is 0.365 e. The minimum atomic E-state index is -0.723. The van der Waals surface area contributed by atoms with Crippen LogP contribution in [0.5, 0.6) is 0 Å². The van der Waals surface area contributed by atoms with Crippen LogP contribution < -0.4 is 16.4 Å². The molecule has 0 bridgehead atoms. The fourth-order valence-corrected chi connectivity index (χ4v) is 3.73. The van der Waals surface area contributed by atoms with Gasteiger partial charge in [0.05, 0.1) is 6.54 Å². The van der Waals surface area contributed by atoms with Crippen molar-refractivity contribution in [2.75, 3.05) is 30.8 Å². The van der Waals surface area contributed by atoms with Crippen LogP contribution in [0.1, 0.15) is 28.4 Å². The molecule has 8 nitrogen and oxygen atoms in total. The number of likely N-dealkylation sites (tertiary alicyclic amines) is 1. The minimum Gasteiger partial charge on any atom is -0.365 e. The molecule has 2 heterocycles. The molecule has 1 saturated heterocycles. The second kappa shape index (κ2) is 7.52. The van der Waals surface area contributed by atoms with Crippen LogP contribution >= 0.6 is 11.3 Å². The van der Waals surface area contributed by atoms with Gasteiger partial charge in [-0.25, -0.2) is 4.98 Å². The van der Waals surface area contributed by atoms with Crippen LogP contribution in [-0.2, 0) is 9.59 Å². The Morgan fingerprint density at radius 1 is 1.35 bits per heavy atom.